The fourth-order valence-electron chi connectivity index (χ4n) is 3.05. The van der Waals surface area contributed by atoms with Crippen LogP contribution in [0.4, 0.5) is 0 Å². The number of rotatable bonds is 7. The fraction of sp³-hybridized carbons (Fsp3) is 0.483. The Morgan fingerprint density at radius 2 is 1.80 bits per heavy atom. The molecular weight excluding hydrogens is 436 g/mol. The molecule has 1 aliphatic carbocycles. The topological polar surface area (TPSA) is 73.8 Å². The van der Waals surface area contributed by atoms with Crippen LogP contribution in [0.3, 0.4) is 0 Å². The minimum Gasteiger partial charge on any atom is -0.344 e. The van der Waals surface area contributed by atoms with E-state index < -0.39 is 5.66 Å². The molecule has 1 aliphatic heterocycles. The third-order valence-corrected chi connectivity index (χ3v) is 5.56. The SMILES string of the molecule is C=CC.C=CN=C(/C=C(C)/C=C/C1CC1)N/C(C)=C/C=C1/C(=O)NC(C)(C(C)(C)C)N1C=O.CC. The first-order chi connectivity index (χ1) is 16.4. The van der Waals surface area contributed by atoms with E-state index in [1.165, 1.54) is 23.9 Å². The molecule has 1 saturated heterocycles. The number of allylic oxidation sites excluding steroid dienone is 7. The van der Waals surface area contributed by atoms with Crippen LogP contribution in [0.15, 0.2) is 77.8 Å². The predicted molar refractivity (Wildman–Crippen MR) is 149 cm³/mol. The average Bonchev–Trinajstić information content (AvgIpc) is 3.56. The Labute approximate surface area is 213 Å². The molecule has 0 spiro atoms. The Balaban J connectivity index is 0.00000214. The summed E-state index contributed by atoms with van der Waals surface area (Å²) in [6.45, 7) is 24.6. The van der Waals surface area contributed by atoms with E-state index in [-0.39, 0.29) is 11.3 Å². The van der Waals surface area contributed by atoms with Crippen LogP contribution in [0.5, 0.6) is 0 Å². The summed E-state index contributed by atoms with van der Waals surface area (Å²) in [5.74, 6) is 1.09. The van der Waals surface area contributed by atoms with E-state index in [2.05, 4.69) is 40.9 Å². The number of carbonyl (C=O) groups is 2. The molecule has 2 amide bonds. The van der Waals surface area contributed by atoms with Gasteiger partial charge < -0.3 is 10.6 Å². The van der Waals surface area contributed by atoms with E-state index in [4.69, 9.17) is 0 Å². The number of hydrogen-bond donors (Lipinski definition) is 2. The minimum absolute atomic E-state index is 0.274. The van der Waals surface area contributed by atoms with Crippen molar-refractivity contribution in [3.8, 4) is 0 Å². The highest BCUT2D eigenvalue weighted by molar-refractivity contribution is 5.99. The normalized spacial score (nSPS) is 22.1. The maximum atomic E-state index is 12.5. The van der Waals surface area contributed by atoms with Crippen molar-refractivity contribution in [2.75, 3.05) is 0 Å². The predicted octanol–water partition coefficient (Wildman–Crippen LogP) is 6.39. The number of amides is 2. The second kappa shape index (κ2) is 15.0. The van der Waals surface area contributed by atoms with Gasteiger partial charge in [0.1, 0.15) is 17.2 Å². The van der Waals surface area contributed by atoms with Crippen molar-refractivity contribution in [1.29, 1.82) is 0 Å². The standard InChI is InChI=1S/C24H34N4O2.C3H6.C2H6/c1-8-25-21(15-17(2)9-11-19-12-13-19)26-18(3)10-14-20-22(30)27-24(7,23(4,5)6)28(20)16-29;1-3-2;1-2/h8-11,14-16,19H,1,12-13H2,2-7H3,(H,25,26)(H,27,30);3H,1H2,2H3;1-2H3/b11-9+,17-15+,18-10+,20-14-;;. The Morgan fingerprint density at radius 3 is 2.26 bits per heavy atom. The summed E-state index contributed by atoms with van der Waals surface area (Å²) in [5, 5.41) is 6.17. The third-order valence-electron chi connectivity index (χ3n) is 5.56. The number of nitrogens with zero attached hydrogens (tertiary/aromatic N) is 2. The molecule has 194 valence electrons. The van der Waals surface area contributed by atoms with Crippen molar-refractivity contribution in [3.63, 3.8) is 0 Å². The van der Waals surface area contributed by atoms with Crippen LogP contribution in [-0.4, -0.2) is 28.7 Å². The molecule has 2 aliphatic rings. The van der Waals surface area contributed by atoms with Crippen molar-refractivity contribution in [1.82, 2.24) is 15.5 Å². The van der Waals surface area contributed by atoms with Gasteiger partial charge >= 0.3 is 0 Å². The maximum absolute atomic E-state index is 12.5. The van der Waals surface area contributed by atoms with Gasteiger partial charge in [0.15, 0.2) is 0 Å². The van der Waals surface area contributed by atoms with Gasteiger partial charge in [-0.25, -0.2) is 4.99 Å². The Kier molecular flexibility index (Phi) is 13.6. The second-order valence-corrected chi connectivity index (χ2v) is 9.47. The molecular formula is C29H46N4O2. The fourth-order valence-corrected chi connectivity index (χ4v) is 3.05. The van der Waals surface area contributed by atoms with Crippen molar-refractivity contribution in [3.05, 3.63) is 72.8 Å². The summed E-state index contributed by atoms with van der Waals surface area (Å²) in [7, 11) is 0. The van der Waals surface area contributed by atoms with Gasteiger partial charge in [0.05, 0.1) is 0 Å². The lowest BCUT2D eigenvalue weighted by Crippen LogP contribution is -2.57. The Bertz CT molecular complexity index is 896. The van der Waals surface area contributed by atoms with Gasteiger partial charge in [-0.15, -0.1) is 6.58 Å². The molecule has 0 radical (unpaired) electrons. The van der Waals surface area contributed by atoms with Crippen molar-refractivity contribution < 1.29 is 9.59 Å². The van der Waals surface area contributed by atoms with Crippen LogP contribution in [0.2, 0.25) is 0 Å². The smallest absolute Gasteiger partial charge is 0.269 e. The molecule has 0 aromatic rings. The first kappa shape index (κ1) is 31.9. The van der Waals surface area contributed by atoms with E-state index >= 15 is 0 Å². The maximum Gasteiger partial charge on any atom is 0.269 e. The molecule has 2 N–H and O–H groups in total. The summed E-state index contributed by atoms with van der Waals surface area (Å²) < 4.78 is 0. The van der Waals surface area contributed by atoms with Crippen LogP contribution in [0.1, 0.15) is 75.2 Å². The quantitative estimate of drug-likeness (QED) is 0.110. The van der Waals surface area contributed by atoms with Crippen LogP contribution in [-0.2, 0) is 9.59 Å². The Morgan fingerprint density at radius 1 is 1.23 bits per heavy atom. The monoisotopic (exact) mass is 482 g/mol. The van der Waals surface area contributed by atoms with Gasteiger partial charge in [0, 0.05) is 17.3 Å². The van der Waals surface area contributed by atoms with Crippen molar-refractivity contribution in [2.24, 2.45) is 16.3 Å². The summed E-state index contributed by atoms with van der Waals surface area (Å²) in [6.07, 6.45) is 16.2. The number of nitrogens with one attached hydrogen (secondary N) is 2. The summed E-state index contributed by atoms with van der Waals surface area (Å²) >= 11 is 0. The molecule has 1 unspecified atom stereocenters. The Hall–Kier alpha value is -3.15. The number of amidine groups is 1. The lowest BCUT2D eigenvalue weighted by molar-refractivity contribution is -0.123. The molecule has 2 fully saturated rings. The van der Waals surface area contributed by atoms with Gasteiger partial charge in [0.2, 0.25) is 6.41 Å². The lowest BCUT2D eigenvalue weighted by Gasteiger charge is -2.42. The molecule has 0 bridgehead atoms. The molecule has 0 aromatic heterocycles. The second-order valence-electron chi connectivity index (χ2n) is 9.47. The molecule has 2 rings (SSSR count). The zero-order valence-electron chi connectivity index (χ0n) is 23.2. The molecule has 35 heavy (non-hydrogen) atoms. The molecule has 1 saturated carbocycles. The largest absolute Gasteiger partial charge is 0.344 e. The van der Waals surface area contributed by atoms with Crippen molar-refractivity contribution >= 4 is 18.2 Å². The average molecular weight is 483 g/mol. The van der Waals surface area contributed by atoms with Gasteiger partial charge in [-0.3, -0.25) is 14.5 Å². The van der Waals surface area contributed by atoms with E-state index in [0.717, 1.165) is 11.3 Å². The summed E-state index contributed by atoms with van der Waals surface area (Å²) in [4.78, 5) is 30.1. The van der Waals surface area contributed by atoms with E-state index in [1.54, 1.807) is 18.2 Å². The van der Waals surface area contributed by atoms with Crippen LogP contribution in [0, 0.1) is 11.3 Å². The first-order valence-corrected chi connectivity index (χ1v) is 12.3. The first-order valence-electron chi connectivity index (χ1n) is 12.3. The molecule has 1 heterocycles. The lowest BCUT2D eigenvalue weighted by atomic mass is 9.81. The zero-order chi connectivity index (χ0) is 27.2. The van der Waals surface area contributed by atoms with Gasteiger partial charge in [0.25, 0.3) is 5.91 Å². The van der Waals surface area contributed by atoms with Crippen molar-refractivity contribution in [2.45, 2.75) is 80.8 Å². The highest BCUT2D eigenvalue weighted by atomic mass is 16.2. The van der Waals surface area contributed by atoms with Gasteiger partial charge in [-0.05, 0) is 70.3 Å². The zero-order valence-corrected chi connectivity index (χ0v) is 23.2. The molecule has 0 aromatic carbocycles. The molecule has 6 heteroatoms. The summed E-state index contributed by atoms with van der Waals surface area (Å²) in [6, 6.07) is 0. The third kappa shape index (κ3) is 9.93. The van der Waals surface area contributed by atoms with E-state index in [0.29, 0.717) is 23.9 Å². The number of aliphatic imine (C=N–C) groups is 1. The van der Waals surface area contributed by atoms with E-state index in [1.807, 2.05) is 68.4 Å². The molecule has 6 nitrogen and oxygen atoms in total. The minimum atomic E-state index is -0.796. The number of carbonyl (C=O) groups excluding carboxylic acids is 2. The van der Waals surface area contributed by atoms with E-state index in [9.17, 15) is 9.59 Å². The highest BCUT2D eigenvalue weighted by Crippen LogP contribution is 2.38. The summed E-state index contributed by atoms with van der Waals surface area (Å²) in [5.41, 5.74) is 1.04. The highest BCUT2D eigenvalue weighted by Gasteiger charge is 2.51. The van der Waals surface area contributed by atoms with Crippen LogP contribution >= 0.6 is 0 Å². The number of hydrogen-bond acceptors (Lipinski definition) is 3. The van der Waals surface area contributed by atoms with Crippen LogP contribution in [0.25, 0.3) is 0 Å². The van der Waals surface area contributed by atoms with Crippen LogP contribution < -0.4 is 10.6 Å². The van der Waals surface area contributed by atoms with Gasteiger partial charge in [-0.1, -0.05) is 59.4 Å². The van der Waals surface area contributed by atoms with Gasteiger partial charge in [-0.2, -0.15) is 0 Å². The molecule has 1 atom stereocenters.